The molecule has 7 nitrogen and oxygen atoms in total. The third-order valence-electron chi connectivity index (χ3n) is 4.34. The van der Waals surface area contributed by atoms with Gasteiger partial charge in [-0.25, -0.2) is 13.8 Å². The first kappa shape index (κ1) is 21.4. The van der Waals surface area contributed by atoms with Crippen LogP contribution in [-0.4, -0.2) is 36.4 Å². The van der Waals surface area contributed by atoms with Crippen molar-refractivity contribution >= 4 is 5.91 Å². The molecule has 0 aliphatic carbocycles. The zero-order valence-electron chi connectivity index (χ0n) is 15.7. The topological polar surface area (TPSA) is 99.0 Å². The summed E-state index contributed by atoms with van der Waals surface area (Å²) in [7, 11) is 1.36. The summed E-state index contributed by atoms with van der Waals surface area (Å²) in [6, 6.07) is 2.05. The molecule has 1 unspecified atom stereocenters. The van der Waals surface area contributed by atoms with Crippen LogP contribution in [0.1, 0.15) is 23.2 Å². The minimum Gasteiger partial charge on any atom is -0.391 e. The highest BCUT2D eigenvalue weighted by atomic mass is 19.4. The first-order valence-corrected chi connectivity index (χ1v) is 8.54. The summed E-state index contributed by atoms with van der Waals surface area (Å²) >= 11 is 0. The Labute approximate surface area is 166 Å². The first-order chi connectivity index (χ1) is 13.9. The Bertz CT molecular complexity index is 1120. The summed E-state index contributed by atoms with van der Waals surface area (Å²) in [5.41, 5.74) is 2.10. The molecule has 3 rings (SSSR count). The van der Waals surface area contributed by atoms with Gasteiger partial charge in [0.05, 0.1) is 24.5 Å². The van der Waals surface area contributed by atoms with Crippen molar-refractivity contribution in [3.63, 3.8) is 0 Å². The van der Waals surface area contributed by atoms with Crippen molar-refractivity contribution in [1.29, 1.82) is 0 Å². The quantitative estimate of drug-likeness (QED) is 0.610. The largest absolute Gasteiger partial charge is 0.435 e. The van der Waals surface area contributed by atoms with E-state index in [1.54, 1.807) is 0 Å². The van der Waals surface area contributed by atoms with Gasteiger partial charge >= 0.3 is 6.18 Å². The molecule has 0 radical (unpaired) electrons. The Balaban J connectivity index is 2.15. The molecular formula is C18H16F5N5O2. The number of benzene rings is 1. The Morgan fingerprint density at radius 2 is 1.80 bits per heavy atom. The van der Waals surface area contributed by atoms with Crippen LogP contribution in [0.4, 0.5) is 22.0 Å². The molecule has 0 bridgehead atoms. The molecule has 30 heavy (non-hydrogen) atoms. The van der Waals surface area contributed by atoms with Crippen LogP contribution in [0.15, 0.2) is 24.5 Å². The van der Waals surface area contributed by atoms with Crippen LogP contribution in [0.3, 0.4) is 0 Å². The van der Waals surface area contributed by atoms with Crippen LogP contribution in [0.2, 0.25) is 0 Å². The van der Waals surface area contributed by atoms with Crippen molar-refractivity contribution in [2.24, 2.45) is 12.8 Å². The second-order valence-corrected chi connectivity index (χ2v) is 6.64. The number of carbonyl (C=O) groups excluding carboxylic acids is 1. The maximum Gasteiger partial charge on any atom is 0.435 e. The third-order valence-corrected chi connectivity index (χ3v) is 4.34. The standard InChI is InChI=1S/C18H16F5N5O2/c1-8(29)6-28-7-11(15(26-28)18(21,22)23)9-3-4-10(14(20)13(9)19)12-5-25-17(16(24)30)27(12)2/h3-5,7-8,29H,6H2,1-2H3,(H2,24,30). The zero-order chi connectivity index (χ0) is 22.4. The van der Waals surface area contributed by atoms with Crippen LogP contribution < -0.4 is 5.73 Å². The molecule has 0 aliphatic heterocycles. The maximum absolute atomic E-state index is 14.8. The Morgan fingerprint density at radius 1 is 1.20 bits per heavy atom. The van der Waals surface area contributed by atoms with Gasteiger partial charge in [0.25, 0.3) is 5.91 Å². The molecule has 0 saturated heterocycles. The SMILES string of the molecule is CC(O)Cn1cc(-c2ccc(-c3cnc(C(N)=O)n3C)c(F)c2F)c(C(F)(F)F)n1. The fraction of sp³-hybridized carbons (Fsp3) is 0.278. The molecule has 3 aromatic rings. The number of amides is 1. The molecule has 0 spiro atoms. The monoisotopic (exact) mass is 429 g/mol. The molecule has 0 aliphatic rings. The molecule has 160 valence electrons. The van der Waals surface area contributed by atoms with Gasteiger partial charge in [0.1, 0.15) is 0 Å². The number of carbonyl (C=O) groups is 1. The van der Waals surface area contributed by atoms with Crippen molar-refractivity contribution in [2.45, 2.75) is 25.7 Å². The lowest BCUT2D eigenvalue weighted by atomic mass is 10.0. The van der Waals surface area contributed by atoms with Crippen LogP contribution >= 0.6 is 0 Å². The molecule has 3 N–H and O–H groups in total. The van der Waals surface area contributed by atoms with Gasteiger partial charge in [0, 0.05) is 29.9 Å². The maximum atomic E-state index is 14.8. The van der Waals surface area contributed by atoms with E-state index < -0.39 is 46.6 Å². The van der Waals surface area contributed by atoms with Gasteiger partial charge in [-0.15, -0.1) is 0 Å². The zero-order valence-corrected chi connectivity index (χ0v) is 15.7. The fourth-order valence-corrected chi connectivity index (χ4v) is 3.04. The van der Waals surface area contributed by atoms with Crippen LogP contribution in [0.25, 0.3) is 22.4 Å². The lowest BCUT2D eigenvalue weighted by Crippen LogP contribution is -2.17. The number of halogens is 5. The minimum atomic E-state index is -4.93. The number of hydrogen-bond acceptors (Lipinski definition) is 4. The van der Waals surface area contributed by atoms with Gasteiger partial charge in [-0.05, 0) is 13.0 Å². The predicted octanol–water partition coefficient (Wildman–Crippen LogP) is 2.73. The normalized spacial score (nSPS) is 12.9. The van der Waals surface area contributed by atoms with Crippen LogP contribution in [-0.2, 0) is 19.8 Å². The smallest absolute Gasteiger partial charge is 0.391 e. The Hall–Kier alpha value is -3.28. The fourth-order valence-electron chi connectivity index (χ4n) is 3.04. The number of hydrogen-bond donors (Lipinski definition) is 2. The van der Waals surface area contributed by atoms with Crippen molar-refractivity contribution in [3.05, 3.63) is 47.7 Å². The van der Waals surface area contributed by atoms with Gasteiger partial charge in [-0.1, -0.05) is 6.07 Å². The van der Waals surface area contributed by atoms with E-state index in [2.05, 4.69) is 10.1 Å². The van der Waals surface area contributed by atoms with E-state index in [4.69, 9.17) is 5.73 Å². The minimum absolute atomic E-state index is 0.00703. The van der Waals surface area contributed by atoms with Crippen molar-refractivity contribution in [1.82, 2.24) is 19.3 Å². The third kappa shape index (κ3) is 3.77. The lowest BCUT2D eigenvalue weighted by Gasteiger charge is -2.11. The summed E-state index contributed by atoms with van der Waals surface area (Å²) in [5.74, 6) is -4.05. The number of aromatic nitrogens is 4. The van der Waals surface area contributed by atoms with E-state index >= 15 is 0 Å². The first-order valence-electron chi connectivity index (χ1n) is 8.54. The number of aliphatic hydroxyl groups is 1. The highest BCUT2D eigenvalue weighted by Gasteiger charge is 2.38. The van der Waals surface area contributed by atoms with Crippen molar-refractivity contribution in [3.8, 4) is 22.4 Å². The summed E-state index contributed by atoms with van der Waals surface area (Å²) in [6.07, 6.45) is -3.95. The van der Waals surface area contributed by atoms with E-state index in [1.807, 2.05) is 0 Å². The number of nitrogens with zero attached hydrogens (tertiary/aromatic N) is 4. The van der Waals surface area contributed by atoms with Gasteiger partial charge in [0.15, 0.2) is 23.2 Å². The van der Waals surface area contributed by atoms with Gasteiger partial charge < -0.3 is 15.4 Å². The molecule has 12 heteroatoms. The summed E-state index contributed by atoms with van der Waals surface area (Å²) in [6.45, 7) is 1.08. The van der Waals surface area contributed by atoms with Gasteiger partial charge in [-0.2, -0.15) is 18.3 Å². The number of primary amides is 1. The molecular weight excluding hydrogens is 413 g/mol. The number of rotatable bonds is 5. The molecule has 2 aromatic heterocycles. The van der Waals surface area contributed by atoms with E-state index in [-0.39, 0.29) is 23.6 Å². The van der Waals surface area contributed by atoms with Crippen LogP contribution in [0.5, 0.6) is 0 Å². The molecule has 1 amide bonds. The second-order valence-electron chi connectivity index (χ2n) is 6.64. The average Bonchev–Trinajstić information content (AvgIpc) is 3.20. The molecule has 2 heterocycles. The van der Waals surface area contributed by atoms with Gasteiger partial charge in [-0.3, -0.25) is 9.48 Å². The van der Waals surface area contributed by atoms with E-state index in [0.717, 1.165) is 33.8 Å². The highest BCUT2D eigenvalue weighted by molar-refractivity contribution is 5.90. The van der Waals surface area contributed by atoms with Gasteiger partial charge in [0.2, 0.25) is 0 Å². The van der Waals surface area contributed by atoms with Crippen molar-refractivity contribution in [2.75, 3.05) is 0 Å². The summed E-state index contributed by atoms with van der Waals surface area (Å²) in [4.78, 5) is 15.0. The molecule has 0 fully saturated rings. The summed E-state index contributed by atoms with van der Waals surface area (Å²) < 4.78 is 71.7. The number of aliphatic hydroxyl groups excluding tert-OH is 1. The number of alkyl halides is 3. The Kier molecular flexibility index (Phi) is 5.37. The second kappa shape index (κ2) is 7.52. The predicted molar refractivity (Wildman–Crippen MR) is 95.0 cm³/mol. The molecule has 1 atom stereocenters. The molecule has 1 aromatic carbocycles. The number of nitrogens with two attached hydrogens (primary N) is 1. The highest BCUT2D eigenvalue weighted by Crippen LogP contribution is 2.39. The van der Waals surface area contributed by atoms with E-state index in [1.165, 1.54) is 14.0 Å². The van der Waals surface area contributed by atoms with Crippen LogP contribution in [0, 0.1) is 11.6 Å². The van der Waals surface area contributed by atoms with E-state index in [9.17, 15) is 31.9 Å². The molecule has 0 saturated carbocycles. The summed E-state index contributed by atoms with van der Waals surface area (Å²) in [5, 5.41) is 12.8. The Morgan fingerprint density at radius 3 is 2.33 bits per heavy atom. The lowest BCUT2D eigenvalue weighted by molar-refractivity contribution is -0.141. The number of imidazole rings is 1. The average molecular weight is 429 g/mol. The van der Waals surface area contributed by atoms with Crippen molar-refractivity contribution < 1.29 is 31.9 Å². The van der Waals surface area contributed by atoms with E-state index in [0.29, 0.717) is 0 Å².